The maximum absolute atomic E-state index is 12.6. The molecule has 7 heteroatoms. The molecule has 0 fully saturated rings. The van der Waals surface area contributed by atoms with Crippen LogP contribution in [0.4, 0.5) is 0 Å². The van der Waals surface area contributed by atoms with Gasteiger partial charge < -0.3 is 9.84 Å². The largest absolute Gasteiger partial charge is 0.361 e. The first-order valence-electron chi connectivity index (χ1n) is 8.00. The van der Waals surface area contributed by atoms with E-state index in [9.17, 15) is 4.79 Å². The first kappa shape index (κ1) is 17.2. The predicted molar refractivity (Wildman–Crippen MR) is 95.1 cm³/mol. The van der Waals surface area contributed by atoms with Crippen LogP contribution in [0.2, 0.25) is 5.02 Å². The second-order valence-corrected chi connectivity index (χ2v) is 6.54. The number of aryl methyl sites for hydroxylation is 1. The van der Waals surface area contributed by atoms with Gasteiger partial charge in [-0.25, -0.2) is 4.68 Å². The molecule has 130 valence electrons. The fourth-order valence-corrected chi connectivity index (χ4v) is 2.85. The highest BCUT2D eigenvalue weighted by molar-refractivity contribution is 6.30. The molecule has 2 aromatic heterocycles. The molecule has 0 saturated heterocycles. The van der Waals surface area contributed by atoms with Gasteiger partial charge in [0.05, 0.1) is 29.7 Å². The number of benzene rings is 1. The highest BCUT2D eigenvalue weighted by Crippen LogP contribution is 2.24. The highest BCUT2D eigenvalue weighted by Gasteiger charge is 2.21. The van der Waals surface area contributed by atoms with Crippen LogP contribution in [-0.2, 0) is 6.54 Å². The standard InChI is InChI=1S/C18H19ClN4O2/c1-11(2)17-16(18(24)20-9-14-7-12(3)25-22-14)10-21-23(17)15-6-4-5-13(19)8-15/h4-8,10-11H,9H2,1-3H3,(H,20,24). The van der Waals surface area contributed by atoms with Crippen LogP contribution in [-0.4, -0.2) is 20.8 Å². The lowest BCUT2D eigenvalue weighted by molar-refractivity contribution is 0.0948. The molecule has 1 amide bonds. The Kier molecular flexibility index (Phi) is 4.90. The number of amides is 1. The average molecular weight is 359 g/mol. The normalized spacial score (nSPS) is 11.1. The van der Waals surface area contributed by atoms with Gasteiger partial charge in [-0.1, -0.05) is 36.7 Å². The molecular weight excluding hydrogens is 340 g/mol. The number of nitrogens with one attached hydrogen (secondary N) is 1. The van der Waals surface area contributed by atoms with Gasteiger partial charge in [-0.15, -0.1) is 0 Å². The Balaban J connectivity index is 1.87. The number of nitrogens with zero attached hydrogens (tertiary/aromatic N) is 3. The van der Waals surface area contributed by atoms with Crippen molar-refractivity contribution in [3.63, 3.8) is 0 Å². The van der Waals surface area contributed by atoms with Gasteiger partial charge in [0.25, 0.3) is 5.91 Å². The van der Waals surface area contributed by atoms with Gasteiger partial charge in [-0.3, -0.25) is 4.79 Å². The molecule has 0 atom stereocenters. The van der Waals surface area contributed by atoms with Crippen LogP contribution < -0.4 is 5.32 Å². The van der Waals surface area contributed by atoms with Crippen LogP contribution in [0.1, 0.15) is 47.3 Å². The molecule has 2 heterocycles. The number of hydrogen-bond acceptors (Lipinski definition) is 4. The molecular formula is C18H19ClN4O2. The minimum absolute atomic E-state index is 0.108. The number of carbonyl (C=O) groups excluding carboxylic acids is 1. The van der Waals surface area contributed by atoms with Gasteiger partial charge in [-0.05, 0) is 31.0 Å². The molecule has 3 aromatic rings. The van der Waals surface area contributed by atoms with Crippen molar-refractivity contribution in [2.75, 3.05) is 0 Å². The Morgan fingerprint density at radius 3 is 2.80 bits per heavy atom. The lowest BCUT2D eigenvalue weighted by Crippen LogP contribution is -2.24. The maximum Gasteiger partial charge on any atom is 0.255 e. The molecule has 1 N–H and O–H groups in total. The van der Waals surface area contributed by atoms with Crippen LogP contribution in [0.5, 0.6) is 0 Å². The zero-order chi connectivity index (χ0) is 18.0. The van der Waals surface area contributed by atoms with E-state index in [1.54, 1.807) is 23.0 Å². The molecule has 0 aliphatic rings. The van der Waals surface area contributed by atoms with Crippen molar-refractivity contribution in [3.8, 4) is 5.69 Å². The van der Waals surface area contributed by atoms with Crippen LogP contribution in [0.3, 0.4) is 0 Å². The molecule has 0 aliphatic carbocycles. The zero-order valence-electron chi connectivity index (χ0n) is 14.3. The molecule has 6 nitrogen and oxygen atoms in total. The molecule has 0 bridgehead atoms. The van der Waals surface area contributed by atoms with Crippen molar-refractivity contribution in [1.82, 2.24) is 20.3 Å². The Hall–Kier alpha value is -2.60. The number of hydrogen-bond donors (Lipinski definition) is 1. The summed E-state index contributed by atoms with van der Waals surface area (Å²) in [5, 5.41) is 11.7. The fraction of sp³-hybridized carbons (Fsp3) is 0.278. The Bertz CT molecular complexity index is 898. The summed E-state index contributed by atoms with van der Waals surface area (Å²) in [6, 6.07) is 9.18. The Morgan fingerprint density at radius 1 is 1.36 bits per heavy atom. The molecule has 0 unspecified atom stereocenters. The van der Waals surface area contributed by atoms with Crippen molar-refractivity contribution in [1.29, 1.82) is 0 Å². The molecule has 1 aromatic carbocycles. The van der Waals surface area contributed by atoms with E-state index in [1.807, 2.05) is 39.0 Å². The van der Waals surface area contributed by atoms with Gasteiger partial charge in [0, 0.05) is 11.1 Å². The first-order valence-corrected chi connectivity index (χ1v) is 8.37. The first-order chi connectivity index (χ1) is 12.0. The highest BCUT2D eigenvalue weighted by atomic mass is 35.5. The van der Waals surface area contributed by atoms with E-state index >= 15 is 0 Å². The number of aromatic nitrogens is 3. The lowest BCUT2D eigenvalue weighted by atomic mass is 10.0. The van der Waals surface area contributed by atoms with E-state index in [1.165, 1.54) is 0 Å². The zero-order valence-corrected chi connectivity index (χ0v) is 15.0. The fourth-order valence-electron chi connectivity index (χ4n) is 2.67. The van der Waals surface area contributed by atoms with E-state index in [4.69, 9.17) is 16.1 Å². The number of rotatable bonds is 5. The lowest BCUT2D eigenvalue weighted by Gasteiger charge is -2.13. The third kappa shape index (κ3) is 3.74. The molecule has 25 heavy (non-hydrogen) atoms. The van der Waals surface area contributed by atoms with E-state index in [2.05, 4.69) is 15.6 Å². The van der Waals surface area contributed by atoms with Crippen LogP contribution in [0.25, 0.3) is 5.69 Å². The van der Waals surface area contributed by atoms with Crippen LogP contribution in [0, 0.1) is 6.92 Å². The predicted octanol–water partition coefficient (Wildman–Crippen LogP) is 3.88. The molecule has 0 aliphatic heterocycles. The summed E-state index contributed by atoms with van der Waals surface area (Å²) in [7, 11) is 0. The van der Waals surface area contributed by atoms with E-state index in [0.29, 0.717) is 28.6 Å². The Labute approximate surface area is 150 Å². The van der Waals surface area contributed by atoms with Crippen molar-refractivity contribution >= 4 is 17.5 Å². The number of carbonyl (C=O) groups is 1. The maximum atomic E-state index is 12.6. The summed E-state index contributed by atoms with van der Waals surface area (Å²) in [5.41, 5.74) is 2.87. The topological polar surface area (TPSA) is 73.0 Å². The smallest absolute Gasteiger partial charge is 0.255 e. The minimum atomic E-state index is -0.197. The SMILES string of the molecule is Cc1cc(CNC(=O)c2cnn(-c3cccc(Cl)c3)c2C(C)C)no1. The summed E-state index contributed by atoms with van der Waals surface area (Å²) >= 11 is 6.08. The quantitative estimate of drug-likeness (QED) is 0.751. The second-order valence-electron chi connectivity index (χ2n) is 6.10. The van der Waals surface area contributed by atoms with Crippen molar-refractivity contribution in [2.45, 2.75) is 33.2 Å². The van der Waals surface area contributed by atoms with Crippen molar-refractivity contribution in [3.05, 3.63) is 64.3 Å². The van der Waals surface area contributed by atoms with Crippen LogP contribution >= 0.6 is 11.6 Å². The van der Waals surface area contributed by atoms with Gasteiger partial charge >= 0.3 is 0 Å². The molecule has 0 radical (unpaired) electrons. The average Bonchev–Trinajstić information content (AvgIpc) is 3.19. The van der Waals surface area contributed by atoms with E-state index in [0.717, 1.165) is 11.4 Å². The molecule has 0 spiro atoms. The molecule has 0 saturated carbocycles. The van der Waals surface area contributed by atoms with E-state index < -0.39 is 0 Å². The van der Waals surface area contributed by atoms with E-state index in [-0.39, 0.29) is 11.8 Å². The third-order valence-corrected chi connectivity index (χ3v) is 3.99. The van der Waals surface area contributed by atoms with Gasteiger partial charge in [-0.2, -0.15) is 5.10 Å². The van der Waals surface area contributed by atoms with Crippen LogP contribution in [0.15, 0.2) is 41.1 Å². The number of halogens is 1. The van der Waals surface area contributed by atoms with Gasteiger partial charge in [0.15, 0.2) is 0 Å². The van der Waals surface area contributed by atoms with Crippen molar-refractivity contribution < 1.29 is 9.32 Å². The minimum Gasteiger partial charge on any atom is -0.361 e. The summed E-state index contributed by atoms with van der Waals surface area (Å²) in [6.07, 6.45) is 1.58. The Morgan fingerprint density at radius 2 is 2.16 bits per heavy atom. The summed E-state index contributed by atoms with van der Waals surface area (Å²) in [5.74, 6) is 0.620. The summed E-state index contributed by atoms with van der Waals surface area (Å²) in [4.78, 5) is 12.6. The summed E-state index contributed by atoms with van der Waals surface area (Å²) in [6.45, 7) is 6.16. The summed E-state index contributed by atoms with van der Waals surface area (Å²) < 4.78 is 6.76. The molecule has 3 rings (SSSR count). The second kappa shape index (κ2) is 7.11. The van der Waals surface area contributed by atoms with Gasteiger partial charge in [0.2, 0.25) is 0 Å². The third-order valence-electron chi connectivity index (χ3n) is 3.76. The van der Waals surface area contributed by atoms with Gasteiger partial charge in [0.1, 0.15) is 11.5 Å². The van der Waals surface area contributed by atoms with Crippen molar-refractivity contribution in [2.24, 2.45) is 0 Å². The monoisotopic (exact) mass is 358 g/mol.